The fourth-order valence-electron chi connectivity index (χ4n) is 2.25. The van der Waals surface area contributed by atoms with Crippen molar-refractivity contribution in [3.8, 4) is 0 Å². The molecule has 1 aromatic rings. The van der Waals surface area contributed by atoms with E-state index in [2.05, 4.69) is 36.9 Å². The Morgan fingerprint density at radius 3 is 2.21 bits per heavy atom. The van der Waals surface area contributed by atoms with Gasteiger partial charge in [0.05, 0.1) is 0 Å². The molecule has 2 fully saturated rings. The Bertz CT molecular complexity index is 350. The molecule has 2 saturated carbocycles. The van der Waals surface area contributed by atoms with Crippen LogP contribution in [0.3, 0.4) is 0 Å². The van der Waals surface area contributed by atoms with E-state index in [9.17, 15) is 0 Å². The molecule has 2 aliphatic carbocycles. The van der Waals surface area contributed by atoms with Gasteiger partial charge in [-0.3, -0.25) is 0 Å². The van der Waals surface area contributed by atoms with E-state index in [1.54, 1.807) is 0 Å². The molecule has 0 aromatic heterocycles. The van der Waals surface area contributed by atoms with Gasteiger partial charge in [0, 0.05) is 5.41 Å². The van der Waals surface area contributed by atoms with Crippen LogP contribution in [0.15, 0.2) is 36.9 Å². The number of hydrogen-bond donors (Lipinski definition) is 0. The number of hydrogen-bond acceptors (Lipinski definition) is 0. The highest BCUT2D eigenvalue weighted by Crippen LogP contribution is 2.49. The molecule has 0 spiro atoms. The lowest BCUT2D eigenvalue weighted by molar-refractivity contribution is 0.891. The maximum atomic E-state index is 3.94. The van der Waals surface area contributed by atoms with Crippen LogP contribution in [0.1, 0.15) is 42.7 Å². The molecular weight excluding hydrogens is 168 g/mol. The third-order valence-electron chi connectivity index (χ3n) is 3.71. The van der Waals surface area contributed by atoms with Crippen molar-refractivity contribution in [2.24, 2.45) is 0 Å². The van der Waals surface area contributed by atoms with Crippen LogP contribution in [0.5, 0.6) is 0 Å². The fraction of sp³-hybridized carbons (Fsp3) is 0.429. The molecule has 0 nitrogen and oxygen atoms in total. The van der Waals surface area contributed by atoms with E-state index in [0.29, 0.717) is 5.41 Å². The van der Waals surface area contributed by atoms with Gasteiger partial charge >= 0.3 is 0 Å². The van der Waals surface area contributed by atoms with Crippen molar-refractivity contribution in [2.45, 2.75) is 37.0 Å². The molecule has 0 saturated heterocycles. The summed E-state index contributed by atoms with van der Waals surface area (Å²) in [6.45, 7) is 3.94. The van der Waals surface area contributed by atoms with Crippen LogP contribution >= 0.6 is 0 Å². The smallest absolute Gasteiger partial charge is 0.0130 e. The molecule has 3 rings (SSSR count). The van der Waals surface area contributed by atoms with Crippen LogP contribution in [0.4, 0.5) is 0 Å². The zero-order chi connectivity index (χ0) is 9.60. The predicted octanol–water partition coefficient (Wildman–Crippen LogP) is 3.78. The molecule has 0 heteroatoms. The van der Waals surface area contributed by atoms with E-state index in [-0.39, 0.29) is 0 Å². The van der Waals surface area contributed by atoms with Crippen LogP contribution in [0.25, 0.3) is 0 Å². The average molecular weight is 184 g/mol. The first kappa shape index (κ1) is 8.28. The Labute approximate surface area is 85.6 Å². The van der Waals surface area contributed by atoms with Gasteiger partial charge in [0.15, 0.2) is 0 Å². The second-order valence-electron chi connectivity index (χ2n) is 4.76. The van der Waals surface area contributed by atoms with Crippen LogP contribution in [-0.4, -0.2) is 0 Å². The highest BCUT2D eigenvalue weighted by Gasteiger charge is 2.41. The third-order valence-corrected chi connectivity index (χ3v) is 3.71. The molecule has 14 heavy (non-hydrogen) atoms. The first-order valence-corrected chi connectivity index (χ1v) is 5.58. The van der Waals surface area contributed by atoms with E-state index < -0.39 is 0 Å². The molecule has 0 N–H and O–H groups in total. The largest absolute Gasteiger partial charge is 0.102 e. The van der Waals surface area contributed by atoms with Gasteiger partial charge in [0.2, 0.25) is 0 Å². The maximum absolute atomic E-state index is 3.94. The van der Waals surface area contributed by atoms with E-state index in [1.807, 2.05) is 0 Å². The highest BCUT2D eigenvalue weighted by atomic mass is 14.4. The third kappa shape index (κ3) is 1.21. The van der Waals surface area contributed by atoms with Gasteiger partial charge in [-0.05, 0) is 42.7 Å². The van der Waals surface area contributed by atoms with Gasteiger partial charge < -0.3 is 0 Å². The molecule has 0 radical (unpaired) electrons. The molecule has 0 heterocycles. The van der Waals surface area contributed by atoms with Crippen LogP contribution in [0.2, 0.25) is 0 Å². The topological polar surface area (TPSA) is 0 Å². The van der Waals surface area contributed by atoms with E-state index in [4.69, 9.17) is 0 Å². The van der Waals surface area contributed by atoms with Gasteiger partial charge in [-0.2, -0.15) is 0 Å². The normalized spacial score (nSPS) is 23.1. The quantitative estimate of drug-likeness (QED) is 0.627. The van der Waals surface area contributed by atoms with E-state index in [0.717, 1.165) is 5.92 Å². The Kier molecular flexibility index (Phi) is 1.61. The lowest BCUT2D eigenvalue weighted by Gasteiger charge is -2.10. The summed E-state index contributed by atoms with van der Waals surface area (Å²) in [6, 6.07) is 9.25. The number of rotatable bonds is 3. The molecule has 0 bridgehead atoms. The van der Waals surface area contributed by atoms with Crippen molar-refractivity contribution in [3.05, 3.63) is 48.0 Å². The van der Waals surface area contributed by atoms with Gasteiger partial charge in [-0.15, -0.1) is 6.58 Å². The van der Waals surface area contributed by atoms with Gasteiger partial charge in [0.25, 0.3) is 0 Å². The second kappa shape index (κ2) is 2.73. The Balaban J connectivity index is 1.89. The Morgan fingerprint density at radius 1 is 1.14 bits per heavy atom. The van der Waals surface area contributed by atoms with Crippen molar-refractivity contribution >= 4 is 0 Å². The fourth-order valence-corrected chi connectivity index (χ4v) is 2.25. The van der Waals surface area contributed by atoms with Crippen molar-refractivity contribution in [3.63, 3.8) is 0 Å². The molecule has 72 valence electrons. The van der Waals surface area contributed by atoms with Crippen LogP contribution < -0.4 is 0 Å². The Morgan fingerprint density at radius 2 is 1.79 bits per heavy atom. The standard InChI is InChI=1S/C14H16/c1-2-14(9-10-14)13-7-5-12(6-8-13)11-3-4-11/h2,5-8,11H,1,3-4,9-10H2. The monoisotopic (exact) mass is 184 g/mol. The lowest BCUT2D eigenvalue weighted by atomic mass is 9.94. The van der Waals surface area contributed by atoms with Gasteiger partial charge in [-0.1, -0.05) is 30.3 Å². The summed E-state index contributed by atoms with van der Waals surface area (Å²) >= 11 is 0. The van der Waals surface area contributed by atoms with Crippen molar-refractivity contribution in [1.82, 2.24) is 0 Å². The molecule has 0 aliphatic heterocycles. The highest BCUT2D eigenvalue weighted by molar-refractivity contribution is 5.39. The number of benzene rings is 1. The minimum absolute atomic E-state index is 0.349. The average Bonchev–Trinajstić information content (AvgIpc) is 3.12. The van der Waals surface area contributed by atoms with Crippen molar-refractivity contribution < 1.29 is 0 Å². The molecule has 2 aliphatic rings. The lowest BCUT2D eigenvalue weighted by Crippen LogP contribution is -2.00. The summed E-state index contributed by atoms with van der Waals surface area (Å²) < 4.78 is 0. The van der Waals surface area contributed by atoms with Crippen LogP contribution in [0, 0.1) is 0 Å². The minimum Gasteiger partial charge on any atom is -0.102 e. The summed E-state index contributed by atoms with van der Waals surface area (Å²) in [5.41, 5.74) is 3.35. The first-order valence-electron chi connectivity index (χ1n) is 5.58. The summed E-state index contributed by atoms with van der Waals surface area (Å²) in [5, 5.41) is 0. The van der Waals surface area contributed by atoms with E-state index >= 15 is 0 Å². The summed E-state index contributed by atoms with van der Waals surface area (Å²) in [4.78, 5) is 0. The van der Waals surface area contributed by atoms with Crippen LogP contribution in [-0.2, 0) is 5.41 Å². The molecule has 1 aromatic carbocycles. The predicted molar refractivity (Wildman–Crippen MR) is 59.5 cm³/mol. The second-order valence-corrected chi connectivity index (χ2v) is 4.76. The zero-order valence-corrected chi connectivity index (χ0v) is 8.50. The molecule has 0 amide bonds. The van der Waals surface area contributed by atoms with Crippen molar-refractivity contribution in [2.75, 3.05) is 0 Å². The van der Waals surface area contributed by atoms with Crippen molar-refractivity contribution in [1.29, 1.82) is 0 Å². The minimum atomic E-state index is 0.349. The SMILES string of the molecule is C=CC1(c2ccc(C3CC3)cc2)CC1. The first-order chi connectivity index (χ1) is 6.84. The number of allylic oxidation sites excluding steroid dienone is 1. The molecule has 0 atom stereocenters. The summed E-state index contributed by atoms with van der Waals surface area (Å²) in [5.74, 6) is 0.878. The van der Waals surface area contributed by atoms with Gasteiger partial charge in [0.1, 0.15) is 0 Å². The summed E-state index contributed by atoms with van der Waals surface area (Å²) in [6.07, 6.45) is 7.50. The molecular formula is C14H16. The summed E-state index contributed by atoms with van der Waals surface area (Å²) in [7, 11) is 0. The Hall–Kier alpha value is -1.04. The zero-order valence-electron chi connectivity index (χ0n) is 8.50. The van der Waals surface area contributed by atoms with E-state index in [1.165, 1.54) is 36.8 Å². The van der Waals surface area contributed by atoms with Gasteiger partial charge in [-0.25, -0.2) is 0 Å². The maximum Gasteiger partial charge on any atom is 0.0130 e. The molecule has 0 unspecified atom stereocenters.